The Hall–Kier alpha value is -0.535. The maximum atomic E-state index is 8.93. The van der Waals surface area contributed by atoms with E-state index in [9.17, 15) is 0 Å². The van der Waals surface area contributed by atoms with Crippen molar-refractivity contribution < 1.29 is 10.0 Å². The van der Waals surface area contributed by atoms with Gasteiger partial charge < -0.3 is 10.0 Å². The van der Waals surface area contributed by atoms with Gasteiger partial charge >= 0.3 is 7.12 Å². The van der Waals surface area contributed by atoms with Gasteiger partial charge in [0.1, 0.15) is 0 Å². The van der Waals surface area contributed by atoms with Crippen LogP contribution >= 0.6 is 0 Å². The van der Waals surface area contributed by atoms with Crippen molar-refractivity contribution in [3.05, 3.63) is 23.2 Å². The molecule has 11 heavy (non-hydrogen) atoms. The van der Waals surface area contributed by atoms with Crippen LogP contribution in [-0.2, 0) is 0 Å². The molecule has 3 heteroatoms. The minimum absolute atomic E-state index is 0.693. The lowest BCUT2D eigenvalue weighted by molar-refractivity contribution is 0.419. The van der Waals surface area contributed by atoms with Crippen molar-refractivity contribution in [2.75, 3.05) is 0 Å². The Bertz CT molecular complexity index is 194. The molecular weight excluding hydrogens is 139 g/mol. The summed E-state index contributed by atoms with van der Waals surface area (Å²) in [5, 5.41) is 17.9. The third-order valence-electron chi connectivity index (χ3n) is 2.02. The summed E-state index contributed by atoms with van der Waals surface area (Å²) in [7, 11) is -1.29. The summed E-state index contributed by atoms with van der Waals surface area (Å²) in [5.41, 5.74) is 1.86. The standard InChI is InChI=1S/C8H13BO2/c1-2-7-5-3-4-6-8(7)9(10)11/h4,6,10-11H,2-3,5H2,1H3. The van der Waals surface area contributed by atoms with Crippen LogP contribution in [0.25, 0.3) is 0 Å². The van der Waals surface area contributed by atoms with E-state index in [0.29, 0.717) is 5.47 Å². The molecule has 0 fully saturated rings. The third kappa shape index (κ3) is 1.95. The van der Waals surface area contributed by atoms with Crippen molar-refractivity contribution in [3.8, 4) is 0 Å². The van der Waals surface area contributed by atoms with Gasteiger partial charge in [-0.05, 0) is 24.7 Å². The molecule has 0 aliphatic heterocycles. The van der Waals surface area contributed by atoms with Gasteiger partial charge in [-0.1, -0.05) is 24.6 Å². The lowest BCUT2D eigenvalue weighted by Gasteiger charge is -2.13. The molecular formula is C8H13BO2. The van der Waals surface area contributed by atoms with E-state index in [1.807, 2.05) is 19.1 Å². The van der Waals surface area contributed by atoms with Crippen LogP contribution in [-0.4, -0.2) is 17.2 Å². The summed E-state index contributed by atoms with van der Waals surface area (Å²) in [6.07, 6.45) is 6.71. The topological polar surface area (TPSA) is 40.5 Å². The SMILES string of the molecule is CCC1=C(B(O)O)C=CCC1. The zero-order chi connectivity index (χ0) is 8.27. The van der Waals surface area contributed by atoms with Crippen molar-refractivity contribution in [1.29, 1.82) is 0 Å². The molecule has 0 unspecified atom stereocenters. The lowest BCUT2D eigenvalue weighted by Crippen LogP contribution is -2.17. The highest BCUT2D eigenvalue weighted by atomic mass is 16.4. The van der Waals surface area contributed by atoms with Gasteiger partial charge in [0.25, 0.3) is 0 Å². The van der Waals surface area contributed by atoms with Gasteiger partial charge in [-0.2, -0.15) is 0 Å². The van der Waals surface area contributed by atoms with E-state index >= 15 is 0 Å². The molecule has 2 nitrogen and oxygen atoms in total. The van der Waals surface area contributed by atoms with Gasteiger partial charge in [0, 0.05) is 0 Å². The monoisotopic (exact) mass is 152 g/mol. The first kappa shape index (κ1) is 8.56. The van der Waals surface area contributed by atoms with Crippen LogP contribution in [0.5, 0.6) is 0 Å². The summed E-state index contributed by atoms with van der Waals surface area (Å²) in [6.45, 7) is 2.04. The van der Waals surface area contributed by atoms with Gasteiger partial charge in [0.05, 0.1) is 0 Å². The maximum Gasteiger partial charge on any atom is 0.488 e. The molecule has 1 rings (SSSR count). The van der Waals surface area contributed by atoms with Crippen LogP contribution in [0.3, 0.4) is 0 Å². The minimum Gasteiger partial charge on any atom is -0.423 e. The molecule has 0 aromatic rings. The number of hydrogen-bond donors (Lipinski definition) is 2. The summed E-state index contributed by atoms with van der Waals surface area (Å²) in [5.74, 6) is 0. The zero-order valence-corrected chi connectivity index (χ0v) is 6.75. The minimum atomic E-state index is -1.29. The largest absolute Gasteiger partial charge is 0.488 e. The van der Waals surface area contributed by atoms with Crippen LogP contribution in [0.2, 0.25) is 0 Å². The Morgan fingerprint density at radius 3 is 2.73 bits per heavy atom. The van der Waals surface area contributed by atoms with Crippen LogP contribution in [0.1, 0.15) is 26.2 Å². The molecule has 0 amide bonds. The highest BCUT2D eigenvalue weighted by molar-refractivity contribution is 6.52. The van der Waals surface area contributed by atoms with Gasteiger partial charge in [-0.15, -0.1) is 0 Å². The fraction of sp³-hybridized carbons (Fsp3) is 0.500. The van der Waals surface area contributed by atoms with Gasteiger partial charge in [0.15, 0.2) is 0 Å². The second-order valence-corrected chi connectivity index (χ2v) is 2.73. The molecule has 0 aromatic carbocycles. The molecule has 0 atom stereocenters. The molecule has 0 bridgehead atoms. The van der Waals surface area contributed by atoms with E-state index in [2.05, 4.69) is 0 Å². The predicted octanol–water partition coefficient (Wildman–Crippen LogP) is 1.05. The summed E-state index contributed by atoms with van der Waals surface area (Å²) < 4.78 is 0. The Morgan fingerprint density at radius 2 is 2.27 bits per heavy atom. The first-order valence-corrected chi connectivity index (χ1v) is 4.00. The van der Waals surface area contributed by atoms with Crippen LogP contribution in [0, 0.1) is 0 Å². The molecule has 0 saturated carbocycles. The Balaban J connectivity index is 2.83. The quantitative estimate of drug-likeness (QED) is 0.580. The number of hydrogen-bond acceptors (Lipinski definition) is 2. The van der Waals surface area contributed by atoms with E-state index in [-0.39, 0.29) is 0 Å². The van der Waals surface area contributed by atoms with Gasteiger partial charge in [-0.3, -0.25) is 0 Å². The van der Waals surface area contributed by atoms with E-state index in [1.54, 1.807) is 0 Å². The third-order valence-corrected chi connectivity index (χ3v) is 2.02. The van der Waals surface area contributed by atoms with E-state index in [1.165, 1.54) is 5.57 Å². The van der Waals surface area contributed by atoms with E-state index in [0.717, 1.165) is 19.3 Å². The number of rotatable bonds is 2. The van der Waals surface area contributed by atoms with Gasteiger partial charge in [0.2, 0.25) is 0 Å². The Kier molecular flexibility index (Phi) is 2.91. The van der Waals surface area contributed by atoms with Crippen molar-refractivity contribution in [3.63, 3.8) is 0 Å². The molecule has 0 aromatic heterocycles. The normalized spacial score (nSPS) is 17.4. The first-order valence-electron chi connectivity index (χ1n) is 4.00. The molecule has 1 aliphatic rings. The summed E-state index contributed by atoms with van der Waals surface area (Å²) >= 11 is 0. The average Bonchev–Trinajstić information content (AvgIpc) is 2.04. The Morgan fingerprint density at radius 1 is 1.55 bits per heavy atom. The average molecular weight is 152 g/mol. The molecule has 60 valence electrons. The van der Waals surface area contributed by atoms with Crippen LogP contribution in [0.15, 0.2) is 23.2 Å². The summed E-state index contributed by atoms with van der Waals surface area (Å²) in [6, 6.07) is 0. The van der Waals surface area contributed by atoms with Crippen molar-refractivity contribution in [2.45, 2.75) is 26.2 Å². The van der Waals surface area contributed by atoms with Gasteiger partial charge in [-0.25, -0.2) is 0 Å². The van der Waals surface area contributed by atoms with Crippen LogP contribution in [0.4, 0.5) is 0 Å². The van der Waals surface area contributed by atoms with E-state index in [4.69, 9.17) is 10.0 Å². The fourth-order valence-corrected chi connectivity index (χ4v) is 1.38. The van der Waals surface area contributed by atoms with Crippen molar-refractivity contribution in [2.24, 2.45) is 0 Å². The molecule has 0 saturated heterocycles. The molecule has 0 radical (unpaired) electrons. The second-order valence-electron chi connectivity index (χ2n) is 2.73. The van der Waals surface area contributed by atoms with Crippen molar-refractivity contribution >= 4 is 7.12 Å². The smallest absolute Gasteiger partial charge is 0.423 e. The van der Waals surface area contributed by atoms with E-state index < -0.39 is 7.12 Å². The predicted molar refractivity (Wildman–Crippen MR) is 45.9 cm³/mol. The lowest BCUT2D eigenvalue weighted by atomic mass is 9.72. The molecule has 0 spiro atoms. The number of allylic oxidation sites excluding steroid dienone is 4. The second kappa shape index (κ2) is 3.74. The molecule has 0 heterocycles. The Labute approximate surface area is 67.4 Å². The van der Waals surface area contributed by atoms with Crippen LogP contribution < -0.4 is 0 Å². The van der Waals surface area contributed by atoms with Crippen molar-refractivity contribution in [1.82, 2.24) is 0 Å². The zero-order valence-electron chi connectivity index (χ0n) is 6.75. The molecule has 2 N–H and O–H groups in total. The first-order chi connectivity index (χ1) is 5.25. The highest BCUT2D eigenvalue weighted by Gasteiger charge is 2.17. The molecule has 1 aliphatic carbocycles. The summed E-state index contributed by atoms with van der Waals surface area (Å²) in [4.78, 5) is 0. The maximum absolute atomic E-state index is 8.93. The highest BCUT2D eigenvalue weighted by Crippen LogP contribution is 2.21. The fourth-order valence-electron chi connectivity index (χ4n) is 1.38.